The molecule has 2 aromatic heterocycles. The number of aromatic nitrogens is 4. The maximum Gasteiger partial charge on any atom is 0.435 e. The fourth-order valence-electron chi connectivity index (χ4n) is 2.86. The van der Waals surface area contributed by atoms with Crippen LogP contribution in [0.4, 0.5) is 13.2 Å². The summed E-state index contributed by atoms with van der Waals surface area (Å²) in [4.78, 5) is 4.34. The van der Waals surface area contributed by atoms with Crippen LogP contribution in [0.3, 0.4) is 0 Å². The molecule has 0 aliphatic rings. The molecule has 0 unspecified atom stereocenters. The molecule has 0 aliphatic carbocycles. The van der Waals surface area contributed by atoms with Crippen molar-refractivity contribution in [2.24, 2.45) is 7.05 Å². The normalized spacial score (nSPS) is 12.9. The first kappa shape index (κ1) is 20.2. The summed E-state index contributed by atoms with van der Waals surface area (Å²) in [5, 5.41) is 6.85. The summed E-state index contributed by atoms with van der Waals surface area (Å²) in [6, 6.07) is 5.84. The Kier molecular flexibility index (Phi) is 4.95. The van der Waals surface area contributed by atoms with Gasteiger partial charge in [-0.05, 0) is 23.6 Å². The third kappa shape index (κ3) is 3.48. The minimum Gasteiger partial charge on any atom is -0.310 e. The third-order valence-electron chi connectivity index (χ3n) is 4.54. The number of aryl methyl sites for hydroxylation is 1. The van der Waals surface area contributed by atoms with Crippen LogP contribution in [0.1, 0.15) is 37.9 Å². The molecule has 3 aromatic rings. The van der Waals surface area contributed by atoms with E-state index in [1.807, 2.05) is 13.8 Å². The molecule has 0 saturated heterocycles. The standard InChI is InChI=1S/C18H19F3N4O2S/c1-5-28(26,27)14-8-11(10(2)3)6-7-12(14)16-22-13-9-15(18(19,20)21)23-24-17(13)25(16)4/h6-10H,5H2,1-4H3. The van der Waals surface area contributed by atoms with Gasteiger partial charge in [0.2, 0.25) is 0 Å². The SMILES string of the molecule is CCS(=O)(=O)c1cc(C(C)C)ccc1-c1nc2cc(C(F)(F)F)nnc2n1C. The van der Waals surface area contributed by atoms with Crippen molar-refractivity contribution < 1.29 is 21.6 Å². The van der Waals surface area contributed by atoms with Gasteiger partial charge in [-0.15, -0.1) is 10.2 Å². The van der Waals surface area contributed by atoms with Crippen molar-refractivity contribution in [2.75, 3.05) is 5.75 Å². The van der Waals surface area contributed by atoms with Gasteiger partial charge in [0.1, 0.15) is 11.3 Å². The van der Waals surface area contributed by atoms with Crippen molar-refractivity contribution in [2.45, 2.75) is 37.8 Å². The van der Waals surface area contributed by atoms with Gasteiger partial charge in [0.05, 0.1) is 10.6 Å². The molecule has 0 bridgehead atoms. The predicted octanol–water partition coefficient (Wildman–Crippen LogP) is 3.97. The number of hydrogen-bond acceptors (Lipinski definition) is 5. The summed E-state index contributed by atoms with van der Waals surface area (Å²) >= 11 is 0. The molecule has 6 nitrogen and oxygen atoms in total. The molecule has 0 fully saturated rings. The Bertz CT molecular complexity index is 1150. The second kappa shape index (κ2) is 6.84. The zero-order valence-electron chi connectivity index (χ0n) is 15.7. The lowest BCUT2D eigenvalue weighted by Crippen LogP contribution is -2.09. The maximum absolute atomic E-state index is 12.9. The number of benzene rings is 1. The quantitative estimate of drug-likeness (QED) is 0.648. The predicted molar refractivity (Wildman–Crippen MR) is 98.6 cm³/mol. The zero-order valence-corrected chi connectivity index (χ0v) is 16.6. The molecule has 0 amide bonds. The van der Waals surface area contributed by atoms with Gasteiger partial charge < -0.3 is 4.57 Å². The average molecular weight is 412 g/mol. The average Bonchev–Trinajstić information content (AvgIpc) is 2.96. The van der Waals surface area contributed by atoms with E-state index in [1.165, 1.54) is 11.5 Å². The van der Waals surface area contributed by atoms with Gasteiger partial charge in [0.25, 0.3) is 0 Å². The number of fused-ring (bicyclic) bond motifs is 1. The van der Waals surface area contributed by atoms with Crippen LogP contribution in [-0.2, 0) is 23.1 Å². The highest BCUT2D eigenvalue weighted by molar-refractivity contribution is 7.91. The van der Waals surface area contributed by atoms with E-state index in [1.54, 1.807) is 25.2 Å². The first-order chi connectivity index (χ1) is 13.0. The maximum atomic E-state index is 12.9. The smallest absolute Gasteiger partial charge is 0.310 e. The summed E-state index contributed by atoms with van der Waals surface area (Å²) < 4.78 is 65.5. The number of hydrogen-bond donors (Lipinski definition) is 0. The van der Waals surface area contributed by atoms with Crippen LogP contribution in [0.2, 0.25) is 0 Å². The largest absolute Gasteiger partial charge is 0.435 e. The van der Waals surface area contributed by atoms with Crippen molar-refractivity contribution in [1.29, 1.82) is 0 Å². The van der Waals surface area contributed by atoms with Gasteiger partial charge in [-0.3, -0.25) is 0 Å². The van der Waals surface area contributed by atoms with E-state index in [4.69, 9.17) is 0 Å². The van der Waals surface area contributed by atoms with Crippen LogP contribution in [0.25, 0.3) is 22.6 Å². The molecule has 0 spiro atoms. The number of halogens is 3. The van der Waals surface area contributed by atoms with Crippen LogP contribution >= 0.6 is 0 Å². The van der Waals surface area contributed by atoms with E-state index in [2.05, 4.69) is 15.2 Å². The Balaban J connectivity index is 2.29. The first-order valence-corrected chi connectivity index (χ1v) is 10.3. The molecular formula is C18H19F3N4O2S. The molecule has 28 heavy (non-hydrogen) atoms. The summed E-state index contributed by atoms with van der Waals surface area (Å²) in [6.07, 6.45) is -4.64. The van der Waals surface area contributed by atoms with Gasteiger partial charge in [-0.1, -0.05) is 26.8 Å². The second-order valence-corrected chi connectivity index (χ2v) is 8.99. The fraction of sp³-hybridized carbons (Fsp3) is 0.389. The molecule has 150 valence electrons. The minimum atomic E-state index is -4.64. The van der Waals surface area contributed by atoms with Gasteiger partial charge in [-0.2, -0.15) is 13.2 Å². The highest BCUT2D eigenvalue weighted by Crippen LogP contribution is 2.33. The molecule has 0 radical (unpaired) electrons. The Morgan fingerprint density at radius 2 is 1.82 bits per heavy atom. The Morgan fingerprint density at radius 1 is 1.14 bits per heavy atom. The van der Waals surface area contributed by atoms with E-state index in [0.717, 1.165) is 11.6 Å². The highest BCUT2D eigenvalue weighted by atomic mass is 32.2. The third-order valence-corrected chi connectivity index (χ3v) is 6.30. The van der Waals surface area contributed by atoms with Crippen molar-refractivity contribution >= 4 is 21.0 Å². The van der Waals surface area contributed by atoms with Gasteiger partial charge in [-0.25, -0.2) is 13.4 Å². The molecular weight excluding hydrogens is 393 g/mol. The molecule has 0 aliphatic heterocycles. The van der Waals surface area contributed by atoms with Crippen molar-refractivity contribution in [3.63, 3.8) is 0 Å². The van der Waals surface area contributed by atoms with Crippen molar-refractivity contribution in [3.05, 3.63) is 35.5 Å². The van der Waals surface area contributed by atoms with Crippen LogP contribution < -0.4 is 0 Å². The molecule has 3 rings (SSSR count). The lowest BCUT2D eigenvalue weighted by molar-refractivity contribution is -0.141. The topological polar surface area (TPSA) is 77.7 Å². The number of nitrogens with zero attached hydrogens (tertiary/aromatic N) is 4. The highest BCUT2D eigenvalue weighted by Gasteiger charge is 2.34. The molecule has 0 N–H and O–H groups in total. The molecule has 0 saturated carbocycles. The van der Waals surface area contributed by atoms with Crippen molar-refractivity contribution in [3.8, 4) is 11.4 Å². The molecule has 2 heterocycles. The number of sulfone groups is 1. The first-order valence-electron chi connectivity index (χ1n) is 8.60. The summed E-state index contributed by atoms with van der Waals surface area (Å²) in [5.41, 5.74) is 0.138. The number of rotatable bonds is 4. The van der Waals surface area contributed by atoms with Crippen LogP contribution in [-0.4, -0.2) is 33.9 Å². The summed E-state index contributed by atoms with van der Waals surface area (Å²) in [6.45, 7) is 5.43. The van der Waals surface area contributed by atoms with Crippen LogP contribution in [0, 0.1) is 0 Å². The van der Waals surface area contributed by atoms with E-state index in [9.17, 15) is 21.6 Å². The molecule has 10 heteroatoms. The van der Waals surface area contributed by atoms with E-state index in [0.29, 0.717) is 5.56 Å². The van der Waals surface area contributed by atoms with Gasteiger partial charge in [0, 0.05) is 18.7 Å². The lowest BCUT2D eigenvalue weighted by atomic mass is 10.0. The monoisotopic (exact) mass is 412 g/mol. The lowest BCUT2D eigenvalue weighted by Gasteiger charge is -2.13. The second-order valence-electron chi connectivity index (χ2n) is 6.74. The molecule has 0 atom stereocenters. The van der Waals surface area contributed by atoms with Gasteiger partial charge >= 0.3 is 6.18 Å². The van der Waals surface area contributed by atoms with Crippen LogP contribution in [0.5, 0.6) is 0 Å². The number of imidazole rings is 1. The van der Waals surface area contributed by atoms with E-state index < -0.39 is 21.7 Å². The van der Waals surface area contributed by atoms with Gasteiger partial charge in [0.15, 0.2) is 21.2 Å². The summed E-state index contributed by atoms with van der Waals surface area (Å²) in [7, 11) is -2.03. The van der Waals surface area contributed by atoms with E-state index in [-0.39, 0.29) is 33.6 Å². The number of alkyl halides is 3. The summed E-state index contributed by atoms with van der Waals surface area (Å²) in [5.74, 6) is 0.218. The fourth-order valence-corrected chi connectivity index (χ4v) is 3.98. The van der Waals surface area contributed by atoms with Crippen molar-refractivity contribution in [1.82, 2.24) is 19.7 Å². The minimum absolute atomic E-state index is 0.00684. The zero-order chi connectivity index (χ0) is 20.9. The van der Waals surface area contributed by atoms with E-state index >= 15 is 0 Å². The van der Waals surface area contributed by atoms with Crippen LogP contribution in [0.15, 0.2) is 29.2 Å². The Hall–Kier alpha value is -2.49. The Labute approximate surface area is 160 Å². The Morgan fingerprint density at radius 3 is 2.39 bits per heavy atom. The molecule has 1 aromatic carbocycles.